The molecule has 0 aliphatic carbocycles. The molecule has 2 rings (SSSR count). The Morgan fingerprint density at radius 1 is 1.29 bits per heavy atom. The highest BCUT2D eigenvalue weighted by molar-refractivity contribution is 6.45. The van der Waals surface area contributed by atoms with Crippen molar-refractivity contribution in [3.63, 3.8) is 0 Å². The molecule has 0 spiro atoms. The highest BCUT2D eigenvalue weighted by atomic mass is 19.1. The average Bonchev–Trinajstić information content (AvgIpc) is 2.77. The number of hydrogen-bond acceptors (Lipinski definition) is 3. The summed E-state index contributed by atoms with van der Waals surface area (Å²) in [6.07, 6.45) is 4.50. The van der Waals surface area contributed by atoms with Crippen molar-refractivity contribution in [1.29, 1.82) is 5.26 Å². The molecule has 0 saturated carbocycles. The summed E-state index contributed by atoms with van der Waals surface area (Å²) < 4.78 is 15.1. The van der Waals surface area contributed by atoms with E-state index >= 15 is 0 Å². The summed E-state index contributed by atoms with van der Waals surface area (Å²) in [5, 5.41) is 13.2. The number of anilines is 1. The van der Waals surface area contributed by atoms with Gasteiger partial charge in [0.15, 0.2) is 0 Å². The number of amidine groups is 1. The zero-order chi connectivity index (χ0) is 15.1. The second kappa shape index (κ2) is 7.39. The van der Waals surface area contributed by atoms with Crippen molar-refractivity contribution in [2.24, 2.45) is 10.8 Å². The number of hydrogen-bond donors (Lipinski definition) is 2. The number of nitriles is 1. The third-order valence-electron chi connectivity index (χ3n) is 3.42. The fraction of sp³-hybridized carbons (Fsp3) is 0.400. The molecule has 6 heteroatoms. The molecule has 1 saturated heterocycles. The van der Waals surface area contributed by atoms with E-state index in [1.54, 1.807) is 12.1 Å². The summed E-state index contributed by atoms with van der Waals surface area (Å²) in [7, 11) is 0. The first-order valence-corrected chi connectivity index (χ1v) is 7.08. The number of nitrogens with one attached hydrogen (secondary N) is 1. The lowest BCUT2D eigenvalue weighted by atomic mass is 10.2. The van der Waals surface area contributed by atoms with Gasteiger partial charge in [0.1, 0.15) is 11.9 Å². The largest absolute Gasteiger partial charge is 0.306 e. The molecule has 1 fully saturated rings. The van der Waals surface area contributed by atoms with Crippen LogP contribution in [-0.4, -0.2) is 29.2 Å². The maximum atomic E-state index is 13.1. The molecule has 0 bridgehead atoms. The Morgan fingerprint density at radius 3 is 2.62 bits per heavy atom. The summed E-state index contributed by atoms with van der Waals surface area (Å²) in [6, 6.07) is 7.89. The monoisotopic (exact) mass is 288 g/mol. The molecule has 1 heterocycles. The minimum absolute atomic E-state index is 0.126. The normalized spacial score (nSPS) is 16.0. The van der Waals surface area contributed by atoms with Gasteiger partial charge < -0.3 is 0 Å². The maximum absolute atomic E-state index is 13.1. The van der Waals surface area contributed by atoms with Crippen molar-refractivity contribution in [2.45, 2.75) is 25.7 Å². The summed E-state index contributed by atoms with van der Waals surface area (Å²) >= 11 is 0. The molecule has 3 N–H and O–H groups in total. The molecule has 21 heavy (non-hydrogen) atoms. The smallest absolute Gasteiger partial charge is 0.285 e. The van der Waals surface area contributed by atoms with Crippen LogP contribution in [0, 0.1) is 17.1 Å². The Hall–Kier alpha value is -2.42. The maximum Gasteiger partial charge on any atom is 0.306 e. The fourth-order valence-corrected chi connectivity index (χ4v) is 2.28. The van der Waals surface area contributed by atoms with Gasteiger partial charge in [-0.3, -0.25) is 15.7 Å². The van der Waals surface area contributed by atoms with Crippen LogP contribution < -0.4 is 11.2 Å². The second-order valence-electron chi connectivity index (χ2n) is 4.98. The number of nitrogens with two attached hydrogens (primary N) is 1. The first kappa shape index (κ1) is 15.0. The van der Waals surface area contributed by atoms with Crippen LogP contribution in [0.5, 0.6) is 0 Å². The van der Waals surface area contributed by atoms with E-state index < -0.39 is 0 Å². The number of nitrogens with zero attached hydrogens (tertiary/aromatic N) is 3. The first-order chi connectivity index (χ1) is 10.2. The van der Waals surface area contributed by atoms with Crippen molar-refractivity contribution in [3.05, 3.63) is 30.1 Å². The summed E-state index contributed by atoms with van der Waals surface area (Å²) in [6.45, 7) is 1.68. The van der Waals surface area contributed by atoms with E-state index in [4.69, 9.17) is 5.73 Å². The predicted molar refractivity (Wildman–Crippen MR) is 80.7 cm³/mol. The van der Waals surface area contributed by atoms with Gasteiger partial charge in [-0.2, -0.15) is 10.4 Å². The quantitative estimate of drug-likeness (QED) is 0.387. The molecule has 0 radical (unpaired) electrons. The lowest BCUT2D eigenvalue weighted by Gasteiger charge is -2.06. The van der Waals surface area contributed by atoms with Crippen molar-refractivity contribution in [2.75, 3.05) is 18.5 Å². The van der Waals surface area contributed by atoms with Crippen LogP contribution in [-0.2, 0) is 0 Å². The van der Waals surface area contributed by atoms with Crippen molar-refractivity contribution >= 4 is 17.2 Å². The van der Waals surface area contributed by atoms with Crippen LogP contribution in [0.25, 0.3) is 0 Å². The van der Waals surface area contributed by atoms with Gasteiger partial charge in [0.05, 0.1) is 18.8 Å². The molecule has 5 nitrogen and oxygen atoms in total. The van der Waals surface area contributed by atoms with E-state index in [9.17, 15) is 9.65 Å². The first-order valence-electron chi connectivity index (χ1n) is 7.08. The third kappa shape index (κ3) is 4.28. The molecule has 0 amide bonds. The van der Waals surface area contributed by atoms with Crippen LogP contribution in [0.15, 0.2) is 29.4 Å². The van der Waals surface area contributed by atoms with Gasteiger partial charge in [0.25, 0.3) is 0 Å². The van der Waals surface area contributed by atoms with E-state index in [1.165, 1.54) is 25.0 Å². The molecule has 1 aliphatic rings. The fourth-order valence-electron chi connectivity index (χ4n) is 2.28. The Morgan fingerprint density at radius 2 is 2.00 bits per heavy atom. The zero-order valence-corrected chi connectivity index (χ0v) is 11.8. The Balaban J connectivity index is 2.16. The Bertz CT molecular complexity index is 590. The molecule has 110 valence electrons. The molecule has 1 aromatic carbocycles. The Labute approximate surface area is 123 Å². The third-order valence-corrected chi connectivity index (χ3v) is 3.42. The van der Waals surface area contributed by atoms with Gasteiger partial charge in [-0.1, -0.05) is 6.07 Å². The molecule has 1 aliphatic heterocycles. The average molecular weight is 288 g/mol. The standard InChI is InChI=1S/C15H18FN5/c16-12-6-5-7-13(10-12)19-20-14(11-17)15(18)21-8-3-1-2-4-9-21/h5-7,10H,1-4,8-9H2,(H2,18,19)/p+1. The summed E-state index contributed by atoms with van der Waals surface area (Å²) in [5.74, 6) is 0.0153. The lowest BCUT2D eigenvalue weighted by Crippen LogP contribution is -2.36. The highest BCUT2D eigenvalue weighted by Gasteiger charge is 2.17. The minimum atomic E-state index is -0.363. The van der Waals surface area contributed by atoms with Gasteiger partial charge in [-0.15, -0.1) is 0 Å². The van der Waals surface area contributed by atoms with Crippen LogP contribution in [0.3, 0.4) is 0 Å². The van der Waals surface area contributed by atoms with E-state index in [0.717, 1.165) is 25.9 Å². The van der Waals surface area contributed by atoms with Gasteiger partial charge >= 0.3 is 5.84 Å². The molecule has 0 aromatic heterocycles. The molecule has 0 unspecified atom stereocenters. The van der Waals surface area contributed by atoms with E-state index in [2.05, 4.69) is 10.5 Å². The number of rotatable bonds is 3. The molecular formula is C15H19FN5+. The van der Waals surface area contributed by atoms with Crippen LogP contribution >= 0.6 is 0 Å². The number of benzene rings is 1. The van der Waals surface area contributed by atoms with Gasteiger partial charge in [0, 0.05) is 0 Å². The van der Waals surface area contributed by atoms with Crippen molar-refractivity contribution in [3.8, 4) is 6.07 Å². The lowest BCUT2D eigenvalue weighted by molar-refractivity contribution is -0.525. The SMILES string of the molecule is N#C/C(=N\Nc1cccc(F)c1)C(N)=[N+]1CCCCCC1. The summed E-state index contributed by atoms with van der Waals surface area (Å²) in [4.78, 5) is 0. The van der Waals surface area contributed by atoms with Crippen LogP contribution in [0.1, 0.15) is 25.7 Å². The van der Waals surface area contributed by atoms with Crippen molar-refractivity contribution in [1.82, 2.24) is 0 Å². The van der Waals surface area contributed by atoms with E-state index in [0.29, 0.717) is 11.5 Å². The zero-order valence-electron chi connectivity index (χ0n) is 11.8. The summed E-state index contributed by atoms with van der Waals surface area (Å²) in [5.41, 5.74) is 9.32. The molecule has 1 aromatic rings. The van der Waals surface area contributed by atoms with Gasteiger partial charge in [0.2, 0.25) is 5.71 Å². The predicted octanol–water partition coefficient (Wildman–Crippen LogP) is 2.06. The highest BCUT2D eigenvalue weighted by Crippen LogP contribution is 2.09. The van der Waals surface area contributed by atoms with Crippen molar-refractivity contribution < 1.29 is 8.97 Å². The van der Waals surface area contributed by atoms with E-state index in [-0.39, 0.29) is 11.5 Å². The minimum Gasteiger partial charge on any atom is -0.285 e. The van der Waals surface area contributed by atoms with Crippen LogP contribution in [0.2, 0.25) is 0 Å². The second-order valence-corrected chi connectivity index (χ2v) is 4.98. The molecule has 0 atom stereocenters. The Kier molecular flexibility index (Phi) is 5.27. The van der Waals surface area contributed by atoms with Gasteiger partial charge in [-0.25, -0.2) is 4.39 Å². The van der Waals surface area contributed by atoms with Crippen LogP contribution in [0.4, 0.5) is 10.1 Å². The number of halogens is 1. The topological polar surface area (TPSA) is 77.2 Å². The number of hydrazone groups is 1. The molecular weight excluding hydrogens is 269 g/mol. The van der Waals surface area contributed by atoms with Gasteiger partial charge in [-0.05, 0) is 43.9 Å². The van der Waals surface area contributed by atoms with E-state index in [1.807, 2.05) is 10.6 Å².